The fraction of sp³-hybridized carbons (Fsp3) is 0.167. The van der Waals surface area contributed by atoms with Gasteiger partial charge in [-0.15, -0.1) is 0 Å². The first-order valence-electron chi connectivity index (χ1n) is 5.48. The molecule has 0 bridgehead atoms. The van der Waals surface area contributed by atoms with Crippen LogP contribution in [0.5, 0.6) is 0 Å². The molecule has 2 aromatic rings. The Labute approximate surface area is 119 Å². The number of anilines is 1. The van der Waals surface area contributed by atoms with E-state index in [1.807, 2.05) is 18.2 Å². The average Bonchev–Trinajstić information content (AvgIpc) is 2.38. The molecule has 0 saturated carbocycles. The summed E-state index contributed by atoms with van der Waals surface area (Å²) in [5, 5.41) is 0.929. The number of nitrogens with zero attached hydrogens (tertiary/aromatic N) is 2. The predicted octanol–water partition coefficient (Wildman–Crippen LogP) is 3.24. The van der Waals surface area contributed by atoms with Gasteiger partial charge in [0.15, 0.2) is 0 Å². The van der Waals surface area contributed by atoms with Crippen molar-refractivity contribution in [2.45, 2.75) is 23.3 Å². The topological polar surface area (TPSA) is 63.8 Å². The molecule has 94 valence electrons. The Kier molecular flexibility index (Phi) is 4.57. The van der Waals surface area contributed by atoms with E-state index in [4.69, 9.17) is 5.84 Å². The van der Waals surface area contributed by atoms with Gasteiger partial charge in [0.1, 0.15) is 17.2 Å². The summed E-state index contributed by atoms with van der Waals surface area (Å²) in [6, 6.07) is 8.10. The lowest BCUT2D eigenvalue weighted by Gasteiger charge is -2.10. The first-order valence-corrected chi connectivity index (χ1v) is 7.09. The van der Waals surface area contributed by atoms with E-state index < -0.39 is 0 Å². The van der Waals surface area contributed by atoms with Gasteiger partial charge in [0.25, 0.3) is 0 Å². The number of halogens is 1. The molecule has 0 radical (unpaired) electrons. The number of nitrogens with one attached hydrogen (secondary N) is 1. The summed E-state index contributed by atoms with van der Waals surface area (Å²) >= 11 is 5.07. The maximum Gasteiger partial charge on any atom is 0.147 e. The lowest BCUT2D eigenvalue weighted by atomic mass is 10.2. The molecule has 2 rings (SSSR count). The van der Waals surface area contributed by atoms with Crippen LogP contribution in [0.25, 0.3) is 0 Å². The van der Waals surface area contributed by atoms with Crippen molar-refractivity contribution in [3.8, 4) is 0 Å². The molecule has 1 aromatic heterocycles. The number of hydrogen-bond donors (Lipinski definition) is 2. The summed E-state index contributed by atoms with van der Waals surface area (Å²) in [7, 11) is 0. The minimum atomic E-state index is 0.685. The van der Waals surface area contributed by atoms with Crippen molar-refractivity contribution in [2.75, 3.05) is 5.43 Å². The van der Waals surface area contributed by atoms with Crippen LogP contribution in [-0.4, -0.2) is 9.97 Å². The highest BCUT2D eigenvalue weighted by molar-refractivity contribution is 9.10. The number of rotatable bonds is 4. The molecule has 0 fully saturated rings. The molecule has 18 heavy (non-hydrogen) atoms. The number of aromatic nitrogens is 2. The van der Waals surface area contributed by atoms with Gasteiger partial charge < -0.3 is 5.43 Å². The molecule has 3 N–H and O–H groups in total. The fourth-order valence-electron chi connectivity index (χ4n) is 1.57. The summed E-state index contributed by atoms with van der Waals surface area (Å²) in [5.74, 6) is 6.14. The second kappa shape index (κ2) is 6.17. The monoisotopic (exact) mass is 324 g/mol. The molecule has 6 heteroatoms. The largest absolute Gasteiger partial charge is 0.308 e. The number of nitrogen functional groups attached to an aromatic ring is 1. The van der Waals surface area contributed by atoms with Crippen molar-refractivity contribution in [1.82, 2.24) is 9.97 Å². The van der Waals surface area contributed by atoms with Crippen LogP contribution in [0.15, 0.2) is 45.0 Å². The van der Waals surface area contributed by atoms with Gasteiger partial charge in [-0.1, -0.05) is 40.7 Å². The normalized spacial score (nSPS) is 10.4. The SMILES string of the molecule is CCc1c(NN)ncnc1Sc1cccc(Br)c1. The van der Waals surface area contributed by atoms with E-state index in [2.05, 4.69) is 44.3 Å². The standard InChI is InChI=1S/C12H13BrN4S/c1-2-10-11(17-14)15-7-16-12(10)18-9-5-3-4-8(13)6-9/h3-7H,2,14H2,1H3,(H,15,16,17). The van der Waals surface area contributed by atoms with Crippen LogP contribution < -0.4 is 11.3 Å². The van der Waals surface area contributed by atoms with Gasteiger partial charge in [0, 0.05) is 14.9 Å². The van der Waals surface area contributed by atoms with Crippen LogP contribution in [0.2, 0.25) is 0 Å². The van der Waals surface area contributed by atoms with Crippen LogP contribution in [-0.2, 0) is 6.42 Å². The molecule has 1 heterocycles. The Morgan fingerprint density at radius 2 is 2.22 bits per heavy atom. The molecule has 0 saturated heterocycles. The van der Waals surface area contributed by atoms with Crippen LogP contribution in [0.4, 0.5) is 5.82 Å². The number of hydrogen-bond acceptors (Lipinski definition) is 5. The highest BCUT2D eigenvalue weighted by atomic mass is 79.9. The molecule has 0 aliphatic heterocycles. The number of hydrazine groups is 1. The second-order valence-electron chi connectivity index (χ2n) is 3.56. The Morgan fingerprint density at radius 1 is 1.39 bits per heavy atom. The lowest BCUT2D eigenvalue weighted by Crippen LogP contribution is -2.12. The Morgan fingerprint density at radius 3 is 2.89 bits per heavy atom. The maximum atomic E-state index is 5.46. The molecule has 0 aliphatic carbocycles. The molecular weight excluding hydrogens is 312 g/mol. The van der Waals surface area contributed by atoms with Gasteiger partial charge >= 0.3 is 0 Å². The van der Waals surface area contributed by atoms with Crippen molar-refractivity contribution in [1.29, 1.82) is 0 Å². The summed E-state index contributed by atoms with van der Waals surface area (Å²) < 4.78 is 1.05. The van der Waals surface area contributed by atoms with E-state index >= 15 is 0 Å². The van der Waals surface area contributed by atoms with Crippen molar-refractivity contribution in [3.63, 3.8) is 0 Å². The smallest absolute Gasteiger partial charge is 0.147 e. The zero-order valence-corrected chi connectivity index (χ0v) is 12.3. The first kappa shape index (κ1) is 13.3. The minimum absolute atomic E-state index is 0.685. The third-order valence-electron chi connectivity index (χ3n) is 2.41. The molecule has 1 aromatic carbocycles. The molecule has 0 aliphatic rings. The van der Waals surface area contributed by atoms with Crippen LogP contribution in [0.1, 0.15) is 12.5 Å². The quantitative estimate of drug-likeness (QED) is 0.513. The molecular formula is C12H13BrN4S. The van der Waals surface area contributed by atoms with Gasteiger partial charge in [-0.25, -0.2) is 15.8 Å². The van der Waals surface area contributed by atoms with E-state index in [-0.39, 0.29) is 0 Å². The second-order valence-corrected chi connectivity index (χ2v) is 5.54. The van der Waals surface area contributed by atoms with E-state index in [0.29, 0.717) is 5.82 Å². The summed E-state index contributed by atoms with van der Waals surface area (Å²) in [6.07, 6.45) is 2.35. The summed E-state index contributed by atoms with van der Waals surface area (Å²) in [4.78, 5) is 9.57. The van der Waals surface area contributed by atoms with Crippen LogP contribution in [0, 0.1) is 0 Å². The van der Waals surface area contributed by atoms with Gasteiger partial charge in [0.05, 0.1) is 0 Å². The Balaban J connectivity index is 2.34. The Bertz CT molecular complexity index is 547. The third kappa shape index (κ3) is 3.01. The van der Waals surface area contributed by atoms with Gasteiger partial charge in [-0.2, -0.15) is 0 Å². The third-order valence-corrected chi connectivity index (χ3v) is 3.93. The van der Waals surface area contributed by atoms with Crippen molar-refractivity contribution in [2.24, 2.45) is 5.84 Å². The van der Waals surface area contributed by atoms with Crippen LogP contribution >= 0.6 is 27.7 Å². The van der Waals surface area contributed by atoms with Gasteiger partial charge in [-0.05, 0) is 24.6 Å². The molecule has 0 unspecified atom stereocenters. The van der Waals surface area contributed by atoms with E-state index in [1.165, 1.54) is 6.33 Å². The maximum absolute atomic E-state index is 5.46. The van der Waals surface area contributed by atoms with Crippen molar-refractivity contribution >= 4 is 33.5 Å². The average molecular weight is 325 g/mol. The highest BCUT2D eigenvalue weighted by Crippen LogP contribution is 2.32. The van der Waals surface area contributed by atoms with Gasteiger partial charge in [0.2, 0.25) is 0 Å². The van der Waals surface area contributed by atoms with E-state index in [9.17, 15) is 0 Å². The minimum Gasteiger partial charge on any atom is -0.308 e. The molecule has 0 spiro atoms. The van der Waals surface area contributed by atoms with Crippen molar-refractivity contribution < 1.29 is 0 Å². The predicted molar refractivity (Wildman–Crippen MR) is 77.5 cm³/mol. The fourth-order valence-corrected chi connectivity index (χ4v) is 3.14. The van der Waals surface area contributed by atoms with E-state index in [0.717, 1.165) is 26.4 Å². The lowest BCUT2D eigenvalue weighted by molar-refractivity contribution is 0.941. The zero-order valence-electron chi connectivity index (χ0n) is 9.85. The van der Waals surface area contributed by atoms with E-state index in [1.54, 1.807) is 11.8 Å². The first-order chi connectivity index (χ1) is 8.74. The molecule has 0 atom stereocenters. The summed E-state index contributed by atoms with van der Waals surface area (Å²) in [5.41, 5.74) is 3.64. The zero-order chi connectivity index (χ0) is 13.0. The molecule has 0 amide bonds. The van der Waals surface area contributed by atoms with Crippen molar-refractivity contribution in [3.05, 3.63) is 40.6 Å². The highest BCUT2D eigenvalue weighted by Gasteiger charge is 2.10. The van der Waals surface area contributed by atoms with Gasteiger partial charge in [-0.3, -0.25) is 0 Å². The summed E-state index contributed by atoms with van der Waals surface area (Å²) in [6.45, 7) is 2.06. The number of benzene rings is 1. The Hall–Kier alpha value is -1.11. The number of nitrogens with two attached hydrogens (primary N) is 1. The van der Waals surface area contributed by atoms with Crippen LogP contribution in [0.3, 0.4) is 0 Å². The molecule has 4 nitrogen and oxygen atoms in total.